The fraction of sp³-hybridized carbons (Fsp3) is 0.900. The van der Waals surface area contributed by atoms with Crippen molar-refractivity contribution in [3.63, 3.8) is 0 Å². The van der Waals surface area contributed by atoms with Crippen LogP contribution in [0.2, 0.25) is 0 Å². The molecule has 0 saturated heterocycles. The number of nitrogens with one attached hydrogen (secondary N) is 1. The van der Waals surface area contributed by atoms with Crippen LogP contribution in [0.5, 0.6) is 0 Å². The molecule has 0 heterocycles. The average Bonchev–Trinajstić information content (AvgIpc) is 2.08. The first-order chi connectivity index (χ1) is 6.16. The van der Waals surface area contributed by atoms with Crippen molar-refractivity contribution in [2.24, 2.45) is 5.73 Å². The summed E-state index contributed by atoms with van der Waals surface area (Å²) in [4.78, 5) is 11.1. The first kappa shape index (κ1) is 12.4. The second kappa shape index (κ2) is 8.05. The molecule has 78 valence electrons. The summed E-state index contributed by atoms with van der Waals surface area (Å²) in [5, 5.41) is 2.88. The first-order valence-corrected chi connectivity index (χ1v) is 5.19. The fourth-order valence-electron chi connectivity index (χ4n) is 1.08. The number of carbonyl (C=O) groups excluding carboxylic acids is 1. The molecular weight excluding hydrogens is 164 g/mol. The molecule has 13 heavy (non-hydrogen) atoms. The maximum absolute atomic E-state index is 11.1. The summed E-state index contributed by atoms with van der Waals surface area (Å²) in [5.41, 5.74) is 5.58. The number of rotatable bonds is 7. The molecule has 1 atom stereocenters. The Labute approximate surface area is 81.1 Å². The molecular formula is C10H22N2O. The third kappa shape index (κ3) is 9.34. The Bertz CT molecular complexity index is 135. The van der Waals surface area contributed by atoms with Crippen molar-refractivity contribution in [3.05, 3.63) is 0 Å². The highest BCUT2D eigenvalue weighted by Gasteiger charge is 1.99. The third-order valence-corrected chi connectivity index (χ3v) is 1.92. The zero-order valence-corrected chi connectivity index (χ0v) is 8.81. The van der Waals surface area contributed by atoms with E-state index in [2.05, 4.69) is 12.2 Å². The predicted octanol–water partition coefficient (Wildman–Crippen LogP) is 1.42. The number of hydrogen-bond acceptors (Lipinski definition) is 2. The van der Waals surface area contributed by atoms with Gasteiger partial charge in [-0.15, -0.1) is 0 Å². The van der Waals surface area contributed by atoms with Crippen LogP contribution in [0.4, 0.5) is 0 Å². The van der Waals surface area contributed by atoms with Crippen LogP contribution in [-0.4, -0.2) is 18.5 Å². The molecule has 0 fully saturated rings. The zero-order chi connectivity index (χ0) is 10.1. The molecule has 0 aromatic rings. The Kier molecular flexibility index (Phi) is 7.69. The van der Waals surface area contributed by atoms with Gasteiger partial charge in [0.1, 0.15) is 0 Å². The molecule has 0 bridgehead atoms. The molecule has 1 unspecified atom stereocenters. The van der Waals surface area contributed by atoms with E-state index in [0.717, 1.165) is 32.2 Å². The van der Waals surface area contributed by atoms with Crippen molar-refractivity contribution in [1.29, 1.82) is 0 Å². The van der Waals surface area contributed by atoms with E-state index in [1.807, 2.05) is 6.92 Å². The molecule has 1 amide bonds. The van der Waals surface area contributed by atoms with Gasteiger partial charge >= 0.3 is 0 Å². The maximum atomic E-state index is 11.1. The van der Waals surface area contributed by atoms with Crippen molar-refractivity contribution in [2.75, 3.05) is 6.54 Å². The van der Waals surface area contributed by atoms with Crippen molar-refractivity contribution in [1.82, 2.24) is 5.32 Å². The Morgan fingerprint density at radius 1 is 1.46 bits per heavy atom. The highest BCUT2D eigenvalue weighted by atomic mass is 16.1. The van der Waals surface area contributed by atoms with Gasteiger partial charge < -0.3 is 11.1 Å². The van der Waals surface area contributed by atoms with Crippen LogP contribution in [0.15, 0.2) is 0 Å². The molecule has 0 rings (SSSR count). The monoisotopic (exact) mass is 186 g/mol. The highest BCUT2D eigenvalue weighted by Crippen LogP contribution is 1.94. The maximum Gasteiger partial charge on any atom is 0.219 e. The Balaban J connectivity index is 3.17. The van der Waals surface area contributed by atoms with E-state index in [9.17, 15) is 4.79 Å². The largest absolute Gasteiger partial charge is 0.356 e. The molecule has 0 aliphatic heterocycles. The molecule has 0 radical (unpaired) electrons. The van der Waals surface area contributed by atoms with Crippen molar-refractivity contribution in [3.8, 4) is 0 Å². The third-order valence-electron chi connectivity index (χ3n) is 1.92. The molecule has 3 heteroatoms. The number of hydrogen-bond donors (Lipinski definition) is 2. The summed E-state index contributed by atoms with van der Waals surface area (Å²) >= 11 is 0. The van der Waals surface area contributed by atoms with Crippen LogP contribution in [0.1, 0.15) is 46.0 Å². The smallest absolute Gasteiger partial charge is 0.219 e. The zero-order valence-electron chi connectivity index (χ0n) is 8.81. The summed E-state index contributed by atoms with van der Waals surface area (Å²) in [6.07, 6.45) is 4.69. The Morgan fingerprint density at radius 3 is 2.69 bits per heavy atom. The van der Waals surface area contributed by atoms with Crippen LogP contribution in [0.3, 0.4) is 0 Å². The minimum atomic E-state index is 0.173. The summed E-state index contributed by atoms with van der Waals surface area (Å²) in [6, 6.07) is 0.243. The van der Waals surface area contributed by atoms with E-state index in [1.165, 1.54) is 0 Å². The molecule has 0 spiro atoms. The quantitative estimate of drug-likeness (QED) is 0.591. The van der Waals surface area contributed by atoms with Crippen LogP contribution >= 0.6 is 0 Å². The van der Waals surface area contributed by atoms with Gasteiger partial charge in [-0.25, -0.2) is 0 Å². The van der Waals surface area contributed by atoms with Gasteiger partial charge in [-0.1, -0.05) is 13.3 Å². The van der Waals surface area contributed by atoms with Gasteiger partial charge in [-0.3, -0.25) is 4.79 Å². The Morgan fingerprint density at radius 2 is 2.15 bits per heavy atom. The molecule has 3 N–H and O–H groups in total. The average molecular weight is 186 g/mol. The van der Waals surface area contributed by atoms with E-state index in [-0.39, 0.29) is 11.9 Å². The number of carbonyl (C=O) groups is 1. The topological polar surface area (TPSA) is 55.1 Å². The lowest BCUT2D eigenvalue weighted by molar-refractivity contribution is -0.121. The standard InChI is InChI=1S/C10H22N2O/c1-3-4-7-10(13)12-8-5-6-9(2)11/h9H,3-8,11H2,1-2H3,(H,12,13). The van der Waals surface area contributed by atoms with Gasteiger partial charge in [0.25, 0.3) is 0 Å². The minimum Gasteiger partial charge on any atom is -0.356 e. The fourth-order valence-corrected chi connectivity index (χ4v) is 1.08. The summed E-state index contributed by atoms with van der Waals surface area (Å²) in [7, 11) is 0. The van der Waals surface area contributed by atoms with Gasteiger partial charge in [0.2, 0.25) is 5.91 Å². The van der Waals surface area contributed by atoms with E-state index in [0.29, 0.717) is 6.42 Å². The van der Waals surface area contributed by atoms with E-state index < -0.39 is 0 Å². The van der Waals surface area contributed by atoms with E-state index in [4.69, 9.17) is 5.73 Å². The SMILES string of the molecule is CCCCC(=O)NCCCC(C)N. The van der Waals surface area contributed by atoms with Gasteiger partial charge in [-0.05, 0) is 26.2 Å². The molecule has 0 aliphatic carbocycles. The lowest BCUT2D eigenvalue weighted by Gasteiger charge is -2.06. The lowest BCUT2D eigenvalue weighted by atomic mass is 10.2. The predicted molar refractivity (Wildman–Crippen MR) is 55.4 cm³/mol. The second-order valence-corrected chi connectivity index (χ2v) is 3.57. The van der Waals surface area contributed by atoms with Crippen LogP contribution in [0.25, 0.3) is 0 Å². The van der Waals surface area contributed by atoms with Gasteiger partial charge in [0.05, 0.1) is 0 Å². The number of nitrogens with two attached hydrogens (primary N) is 1. The second-order valence-electron chi connectivity index (χ2n) is 3.57. The Hall–Kier alpha value is -0.570. The number of amides is 1. The van der Waals surface area contributed by atoms with E-state index >= 15 is 0 Å². The summed E-state index contributed by atoms with van der Waals surface area (Å²) in [5.74, 6) is 0.173. The summed E-state index contributed by atoms with van der Waals surface area (Å²) in [6.45, 7) is 4.84. The summed E-state index contributed by atoms with van der Waals surface area (Å²) < 4.78 is 0. The highest BCUT2D eigenvalue weighted by molar-refractivity contribution is 5.75. The molecule has 0 saturated carbocycles. The minimum absolute atomic E-state index is 0.173. The molecule has 0 aliphatic rings. The van der Waals surface area contributed by atoms with Crippen LogP contribution < -0.4 is 11.1 Å². The van der Waals surface area contributed by atoms with E-state index in [1.54, 1.807) is 0 Å². The van der Waals surface area contributed by atoms with Crippen molar-refractivity contribution in [2.45, 2.75) is 52.0 Å². The molecule has 0 aromatic carbocycles. The van der Waals surface area contributed by atoms with Gasteiger partial charge in [-0.2, -0.15) is 0 Å². The normalized spacial score (nSPS) is 12.5. The lowest BCUT2D eigenvalue weighted by Crippen LogP contribution is -2.25. The van der Waals surface area contributed by atoms with Crippen LogP contribution in [-0.2, 0) is 4.79 Å². The number of unbranched alkanes of at least 4 members (excludes halogenated alkanes) is 1. The molecule has 0 aromatic heterocycles. The van der Waals surface area contributed by atoms with Crippen LogP contribution in [0, 0.1) is 0 Å². The van der Waals surface area contributed by atoms with Gasteiger partial charge in [0.15, 0.2) is 0 Å². The van der Waals surface area contributed by atoms with Crippen molar-refractivity contribution >= 4 is 5.91 Å². The van der Waals surface area contributed by atoms with Gasteiger partial charge in [0, 0.05) is 19.0 Å². The molecule has 3 nitrogen and oxygen atoms in total. The first-order valence-electron chi connectivity index (χ1n) is 5.19. The van der Waals surface area contributed by atoms with Crippen molar-refractivity contribution < 1.29 is 4.79 Å².